The van der Waals surface area contributed by atoms with Gasteiger partial charge in [0.15, 0.2) is 0 Å². The van der Waals surface area contributed by atoms with Crippen LogP contribution in [0.5, 0.6) is 0 Å². The maximum atomic E-state index is 4.37. The standard InChI is InChI=1S/C12H21N3/c1-4-5-7-15-8-6-13-11(15)14-10-9-12(10,2)3/h6,8,10H,4-5,7,9H2,1-3H3,(H,13,14). The summed E-state index contributed by atoms with van der Waals surface area (Å²) < 4.78 is 2.22. The smallest absolute Gasteiger partial charge is 0.203 e. The number of nitrogens with one attached hydrogen (secondary N) is 1. The highest BCUT2D eigenvalue weighted by atomic mass is 15.2. The van der Waals surface area contributed by atoms with Gasteiger partial charge in [0, 0.05) is 25.0 Å². The van der Waals surface area contributed by atoms with Gasteiger partial charge in [-0.2, -0.15) is 0 Å². The molecule has 1 heterocycles. The number of hydrogen-bond donors (Lipinski definition) is 1. The molecule has 0 bridgehead atoms. The van der Waals surface area contributed by atoms with Crippen molar-refractivity contribution in [2.24, 2.45) is 5.41 Å². The minimum Gasteiger partial charge on any atom is -0.352 e. The van der Waals surface area contributed by atoms with Gasteiger partial charge in [-0.05, 0) is 18.3 Å². The van der Waals surface area contributed by atoms with E-state index in [1.54, 1.807) is 0 Å². The molecule has 3 nitrogen and oxygen atoms in total. The molecular formula is C12H21N3. The summed E-state index contributed by atoms with van der Waals surface area (Å²) >= 11 is 0. The number of anilines is 1. The van der Waals surface area contributed by atoms with Crippen LogP contribution in [0.2, 0.25) is 0 Å². The summed E-state index contributed by atoms with van der Waals surface area (Å²) in [5.41, 5.74) is 0.460. The Bertz CT molecular complexity index is 327. The van der Waals surface area contributed by atoms with Gasteiger partial charge in [-0.25, -0.2) is 4.98 Å². The summed E-state index contributed by atoms with van der Waals surface area (Å²) in [7, 11) is 0. The lowest BCUT2D eigenvalue weighted by Gasteiger charge is -2.10. The van der Waals surface area contributed by atoms with Crippen LogP contribution in [-0.2, 0) is 6.54 Å². The number of unbranched alkanes of at least 4 members (excludes halogenated alkanes) is 1. The molecule has 0 aromatic carbocycles. The lowest BCUT2D eigenvalue weighted by molar-refractivity contribution is 0.612. The summed E-state index contributed by atoms with van der Waals surface area (Å²) in [6.45, 7) is 7.88. The summed E-state index contributed by atoms with van der Waals surface area (Å²) in [6.07, 6.45) is 7.65. The van der Waals surface area contributed by atoms with Crippen LogP contribution in [0.15, 0.2) is 12.4 Å². The van der Waals surface area contributed by atoms with E-state index in [4.69, 9.17) is 0 Å². The van der Waals surface area contributed by atoms with Gasteiger partial charge in [0.2, 0.25) is 5.95 Å². The molecule has 15 heavy (non-hydrogen) atoms. The quantitative estimate of drug-likeness (QED) is 0.804. The van der Waals surface area contributed by atoms with Crippen LogP contribution in [0, 0.1) is 5.41 Å². The van der Waals surface area contributed by atoms with Crippen molar-refractivity contribution in [2.75, 3.05) is 5.32 Å². The van der Waals surface area contributed by atoms with Crippen molar-refractivity contribution < 1.29 is 0 Å². The molecule has 0 amide bonds. The molecule has 1 unspecified atom stereocenters. The SMILES string of the molecule is CCCCn1ccnc1NC1CC1(C)C. The molecule has 1 aromatic rings. The molecule has 0 aliphatic heterocycles. The summed E-state index contributed by atoms with van der Waals surface area (Å²) in [5, 5.41) is 3.52. The van der Waals surface area contributed by atoms with Gasteiger partial charge in [0.1, 0.15) is 0 Å². The molecule has 1 saturated carbocycles. The molecule has 0 spiro atoms. The first-order valence-electron chi connectivity index (χ1n) is 5.91. The molecule has 1 fully saturated rings. The van der Waals surface area contributed by atoms with Gasteiger partial charge in [-0.3, -0.25) is 0 Å². The van der Waals surface area contributed by atoms with E-state index < -0.39 is 0 Å². The maximum absolute atomic E-state index is 4.37. The van der Waals surface area contributed by atoms with E-state index >= 15 is 0 Å². The number of rotatable bonds is 5. The van der Waals surface area contributed by atoms with Crippen molar-refractivity contribution in [3.63, 3.8) is 0 Å². The topological polar surface area (TPSA) is 29.9 Å². The van der Waals surface area contributed by atoms with Gasteiger partial charge >= 0.3 is 0 Å². The molecule has 0 radical (unpaired) electrons. The molecule has 1 atom stereocenters. The number of hydrogen-bond acceptors (Lipinski definition) is 2. The van der Waals surface area contributed by atoms with E-state index in [0.29, 0.717) is 11.5 Å². The zero-order valence-electron chi connectivity index (χ0n) is 9.95. The molecule has 1 aliphatic rings. The number of aromatic nitrogens is 2. The van der Waals surface area contributed by atoms with Crippen molar-refractivity contribution in [1.29, 1.82) is 0 Å². The average molecular weight is 207 g/mol. The lowest BCUT2D eigenvalue weighted by atomic mass is 10.2. The van der Waals surface area contributed by atoms with Gasteiger partial charge < -0.3 is 9.88 Å². The highest BCUT2D eigenvalue weighted by molar-refractivity contribution is 5.32. The minimum atomic E-state index is 0.460. The van der Waals surface area contributed by atoms with E-state index in [2.05, 4.69) is 41.8 Å². The number of imidazole rings is 1. The fraction of sp³-hybridized carbons (Fsp3) is 0.750. The molecule has 1 aromatic heterocycles. The van der Waals surface area contributed by atoms with E-state index in [9.17, 15) is 0 Å². The Morgan fingerprint density at radius 2 is 2.33 bits per heavy atom. The Balaban J connectivity index is 1.93. The second kappa shape index (κ2) is 3.87. The van der Waals surface area contributed by atoms with E-state index in [-0.39, 0.29) is 0 Å². The zero-order chi connectivity index (χ0) is 10.9. The van der Waals surface area contributed by atoms with Crippen LogP contribution < -0.4 is 5.32 Å². The molecule has 0 saturated heterocycles. The van der Waals surface area contributed by atoms with Crippen molar-refractivity contribution in [3.05, 3.63) is 12.4 Å². The number of nitrogens with zero attached hydrogens (tertiary/aromatic N) is 2. The summed E-state index contributed by atoms with van der Waals surface area (Å²) in [5.74, 6) is 1.04. The average Bonchev–Trinajstić information content (AvgIpc) is 2.62. The molecular weight excluding hydrogens is 186 g/mol. The highest BCUT2D eigenvalue weighted by Gasteiger charge is 2.46. The Kier molecular flexibility index (Phi) is 2.72. The predicted molar refractivity (Wildman–Crippen MR) is 62.9 cm³/mol. The van der Waals surface area contributed by atoms with Crippen LogP contribution in [0.3, 0.4) is 0 Å². The molecule has 3 heteroatoms. The Morgan fingerprint density at radius 3 is 2.93 bits per heavy atom. The monoisotopic (exact) mass is 207 g/mol. The fourth-order valence-corrected chi connectivity index (χ4v) is 1.83. The zero-order valence-corrected chi connectivity index (χ0v) is 9.95. The van der Waals surface area contributed by atoms with Crippen molar-refractivity contribution >= 4 is 5.95 Å². The van der Waals surface area contributed by atoms with Gasteiger partial charge in [-0.15, -0.1) is 0 Å². The molecule has 1 aliphatic carbocycles. The summed E-state index contributed by atoms with van der Waals surface area (Å²) in [4.78, 5) is 4.37. The van der Waals surface area contributed by atoms with E-state index in [0.717, 1.165) is 12.5 Å². The van der Waals surface area contributed by atoms with Gasteiger partial charge in [-0.1, -0.05) is 27.2 Å². The van der Waals surface area contributed by atoms with Crippen molar-refractivity contribution in [1.82, 2.24) is 9.55 Å². The Labute approximate surface area is 91.9 Å². The number of aryl methyl sites for hydroxylation is 1. The van der Waals surface area contributed by atoms with Crippen LogP contribution in [0.4, 0.5) is 5.95 Å². The van der Waals surface area contributed by atoms with Gasteiger partial charge in [0.05, 0.1) is 0 Å². The van der Waals surface area contributed by atoms with Crippen LogP contribution >= 0.6 is 0 Å². The Morgan fingerprint density at radius 1 is 1.60 bits per heavy atom. The van der Waals surface area contributed by atoms with Crippen LogP contribution in [-0.4, -0.2) is 15.6 Å². The largest absolute Gasteiger partial charge is 0.352 e. The maximum Gasteiger partial charge on any atom is 0.203 e. The predicted octanol–water partition coefficient (Wildman–Crippen LogP) is 2.89. The first-order chi connectivity index (χ1) is 7.13. The fourth-order valence-electron chi connectivity index (χ4n) is 1.83. The lowest BCUT2D eigenvalue weighted by Crippen LogP contribution is -2.13. The highest BCUT2D eigenvalue weighted by Crippen LogP contribution is 2.46. The summed E-state index contributed by atoms with van der Waals surface area (Å²) in [6, 6.07) is 0.611. The third kappa shape index (κ3) is 2.33. The van der Waals surface area contributed by atoms with Crippen molar-refractivity contribution in [3.8, 4) is 0 Å². The molecule has 2 rings (SSSR count). The first-order valence-corrected chi connectivity index (χ1v) is 5.91. The van der Waals surface area contributed by atoms with E-state index in [1.807, 2.05) is 6.20 Å². The van der Waals surface area contributed by atoms with Crippen LogP contribution in [0.25, 0.3) is 0 Å². The molecule has 84 valence electrons. The van der Waals surface area contributed by atoms with Gasteiger partial charge in [0.25, 0.3) is 0 Å². The Hall–Kier alpha value is -0.990. The molecule has 1 N–H and O–H groups in total. The van der Waals surface area contributed by atoms with E-state index in [1.165, 1.54) is 19.3 Å². The minimum absolute atomic E-state index is 0.460. The van der Waals surface area contributed by atoms with Crippen LogP contribution in [0.1, 0.15) is 40.0 Å². The third-order valence-corrected chi connectivity index (χ3v) is 3.28. The first kappa shape index (κ1) is 10.5. The normalized spacial score (nSPS) is 22.7. The second-order valence-electron chi connectivity index (χ2n) is 5.19. The third-order valence-electron chi connectivity index (χ3n) is 3.28. The van der Waals surface area contributed by atoms with Crippen molar-refractivity contribution in [2.45, 2.75) is 52.6 Å². The second-order valence-corrected chi connectivity index (χ2v) is 5.19.